The summed E-state index contributed by atoms with van der Waals surface area (Å²) in [7, 11) is -4.23. The molecule has 0 aromatic carbocycles. The minimum absolute atomic E-state index is 0.106. The zero-order chi connectivity index (χ0) is 14.1. The Bertz CT molecular complexity index is 401. The number of hydrogen-bond acceptors (Lipinski definition) is 5. The second kappa shape index (κ2) is 5.87. The van der Waals surface area contributed by atoms with Crippen LogP contribution in [0.4, 0.5) is 0 Å². The van der Waals surface area contributed by atoms with Crippen molar-refractivity contribution in [2.75, 3.05) is 23.9 Å². The van der Waals surface area contributed by atoms with Gasteiger partial charge < -0.3 is 9.47 Å². The van der Waals surface area contributed by atoms with Crippen LogP contribution in [0.5, 0.6) is 0 Å². The van der Waals surface area contributed by atoms with Crippen LogP contribution in [0.3, 0.4) is 0 Å². The van der Waals surface area contributed by atoms with Crippen LogP contribution >= 0.6 is 0 Å². The van der Waals surface area contributed by atoms with E-state index in [9.17, 15) is 8.42 Å². The van der Waals surface area contributed by atoms with E-state index in [1.54, 1.807) is 13.8 Å². The Morgan fingerprint density at radius 3 is 2.58 bits per heavy atom. The molecule has 0 spiro atoms. The zero-order valence-corrected chi connectivity index (χ0v) is 12.8. The zero-order valence-electron chi connectivity index (χ0n) is 11.2. The molecule has 0 saturated carbocycles. The Balaban J connectivity index is 2.02. The molecule has 112 valence electrons. The molecule has 2 aliphatic rings. The molecule has 19 heavy (non-hydrogen) atoms. The van der Waals surface area contributed by atoms with Gasteiger partial charge in [0.15, 0.2) is 5.79 Å². The molecule has 0 unspecified atom stereocenters. The minimum atomic E-state index is -4.48. The molecular weight excluding hydrogens is 292 g/mol. The topological polar surface area (TPSA) is 82.1 Å². The molecule has 2 aliphatic heterocycles. The first-order chi connectivity index (χ1) is 8.75. The molecule has 2 atom stereocenters. The normalized spacial score (nSPS) is 32.6. The molecule has 2 rings (SSSR count). The van der Waals surface area contributed by atoms with Gasteiger partial charge in [-0.1, -0.05) is 0 Å². The maximum Gasteiger partial charge on any atom is 0.397 e. The van der Waals surface area contributed by atoms with E-state index < -0.39 is 22.3 Å². The van der Waals surface area contributed by atoms with Gasteiger partial charge in [0, 0.05) is 0 Å². The van der Waals surface area contributed by atoms with E-state index in [0.717, 1.165) is 5.75 Å². The van der Waals surface area contributed by atoms with Crippen LogP contribution in [0.15, 0.2) is 0 Å². The SMILES string of the molecule is CC1(C)OC[C@@H](OS(=O)(=O)O)[C@H](C[S+]2CCCC2)O1. The van der Waals surface area contributed by atoms with Crippen LogP contribution < -0.4 is 0 Å². The van der Waals surface area contributed by atoms with Crippen molar-refractivity contribution in [1.29, 1.82) is 0 Å². The predicted octanol–water partition coefficient (Wildman–Crippen LogP) is 0.738. The highest BCUT2D eigenvalue weighted by Crippen LogP contribution is 2.27. The summed E-state index contributed by atoms with van der Waals surface area (Å²) >= 11 is 0. The lowest BCUT2D eigenvalue weighted by Crippen LogP contribution is -2.52. The lowest BCUT2D eigenvalue weighted by molar-refractivity contribution is -0.294. The second-order valence-corrected chi connectivity index (χ2v) is 8.75. The van der Waals surface area contributed by atoms with Crippen molar-refractivity contribution in [3.63, 3.8) is 0 Å². The molecule has 6 nitrogen and oxygen atoms in total. The monoisotopic (exact) mass is 313 g/mol. The highest BCUT2D eigenvalue weighted by molar-refractivity contribution is 7.97. The minimum Gasteiger partial charge on any atom is -0.348 e. The number of ether oxygens (including phenoxy) is 2. The fraction of sp³-hybridized carbons (Fsp3) is 1.00. The third-order valence-corrected chi connectivity index (χ3v) is 6.23. The van der Waals surface area contributed by atoms with Crippen molar-refractivity contribution >= 4 is 21.3 Å². The maximum absolute atomic E-state index is 10.9. The predicted molar refractivity (Wildman–Crippen MR) is 72.5 cm³/mol. The number of rotatable bonds is 4. The van der Waals surface area contributed by atoms with Gasteiger partial charge in [-0.2, -0.15) is 8.42 Å². The first-order valence-corrected chi connectivity index (χ1v) is 9.46. The lowest BCUT2D eigenvalue weighted by atomic mass is 10.2. The quantitative estimate of drug-likeness (QED) is 0.609. The van der Waals surface area contributed by atoms with Crippen molar-refractivity contribution in [3.05, 3.63) is 0 Å². The molecule has 0 radical (unpaired) electrons. The van der Waals surface area contributed by atoms with Crippen LogP contribution in [0, 0.1) is 0 Å². The standard InChI is InChI=1S/C11H20O6S2/c1-11(2)15-7-9(17-19(12,13)14)10(16-11)8-18-5-3-4-6-18/h9-10H,3-8H2,1-2H3/p+1/t9-,10+/m1/s1. The summed E-state index contributed by atoms with van der Waals surface area (Å²) in [6, 6.07) is 0. The molecule has 8 heteroatoms. The van der Waals surface area contributed by atoms with Crippen molar-refractivity contribution in [1.82, 2.24) is 0 Å². The summed E-state index contributed by atoms with van der Waals surface area (Å²) < 4.78 is 46.4. The van der Waals surface area contributed by atoms with E-state index >= 15 is 0 Å². The highest BCUT2D eigenvalue weighted by Gasteiger charge is 2.43. The maximum atomic E-state index is 10.9. The Morgan fingerprint density at radius 1 is 1.37 bits per heavy atom. The Kier molecular flexibility index (Phi) is 4.79. The average Bonchev–Trinajstić information content (AvgIpc) is 2.73. The van der Waals surface area contributed by atoms with E-state index in [4.69, 9.17) is 14.0 Å². The second-order valence-electron chi connectivity index (χ2n) is 5.32. The summed E-state index contributed by atoms with van der Waals surface area (Å²) in [5.74, 6) is 2.36. The van der Waals surface area contributed by atoms with E-state index in [0.29, 0.717) is 0 Å². The third kappa shape index (κ3) is 4.87. The molecular formula is C11H21O6S2+. The van der Waals surface area contributed by atoms with Crippen molar-refractivity contribution in [2.24, 2.45) is 0 Å². The Hall–Kier alpha value is 0.140. The van der Waals surface area contributed by atoms with E-state index in [-0.39, 0.29) is 23.6 Å². The van der Waals surface area contributed by atoms with Gasteiger partial charge in [0.1, 0.15) is 29.5 Å². The Morgan fingerprint density at radius 2 is 2.00 bits per heavy atom. The first-order valence-electron chi connectivity index (χ1n) is 6.37. The van der Waals surface area contributed by atoms with Crippen molar-refractivity contribution in [3.8, 4) is 0 Å². The van der Waals surface area contributed by atoms with Gasteiger partial charge in [0.2, 0.25) is 0 Å². The number of hydrogen-bond donors (Lipinski definition) is 1. The molecule has 2 heterocycles. The van der Waals surface area contributed by atoms with Gasteiger partial charge in [0.25, 0.3) is 0 Å². The van der Waals surface area contributed by atoms with Crippen molar-refractivity contribution in [2.45, 2.75) is 44.7 Å². The van der Waals surface area contributed by atoms with E-state index in [1.165, 1.54) is 24.3 Å². The fourth-order valence-corrected chi connectivity index (χ4v) is 5.37. The summed E-state index contributed by atoms with van der Waals surface area (Å²) in [5, 5.41) is 0. The van der Waals surface area contributed by atoms with Gasteiger partial charge in [0.05, 0.1) is 6.61 Å². The van der Waals surface area contributed by atoms with E-state index in [1.807, 2.05) is 0 Å². The molecule has 1 N–H and O–H groups in total. The molecule has 0 bridgehead atoms. The highest BCUT2D eigenvalue weighted by atomic mass is 32.3. The Labute approximate surface area is 117 Å². The summed E-state index contributed by atoms with van der Waals surface area (Å²) in [6.07, 6.45) is 1.32. The molecule has 2 saturated heterocycles. The van der Waals surface area contributed by atoms with Gasteiger partial charge in [-0.15, -0.1) is 0 Å². The van der Waals surface area contributed by atoms with Crippen molar-refractivity contribution < 1.29 is 26.6 Å². The van der Waals surface area contributed by atoms with Gasteiger partial charge >= 0.3 is 10.4 Å². The van der Waals surface area contributed by atoms with Crippen LogP contribution in [-0.2, 0) is 35.0 Å². The van der Waals surface area contributed by atoms with Crippen LogP contribution in [0.1, 0.15) is 26.7 Å². The molecule has 0 aliphatic carbocycles. The van der Waals surface area contributed by atoms with Gasteiger partial charge in [-0.25, -0.2) is 4.18 Å². The third-order valence-electron chi connectivity index (χ3n) is 3.21. The van der Waals surface area contributed by atoms with Gasteiger partial charge in [-0.3, -0.25) is 4.55 Å². The molecule has 2 fully saturated rings. The lowest BCUT2D eigenvalue weighted by Gasteiger charge is -2.39. The molecule has 0 aromatic heterocycles. The van der Waals surface area contributed by atoms with E-state index in [2.05, 4.69) is 4.18 Å². The average molecular weight is 313 g/mol. The fourth-order valence-electron chi connectivity index (χ4n) is 2.37. The van der Waals surface area contributed by atoms with Crippen LogP contribution in [-0.4, -0.2) is 54.8 Å². The van der Waals surface area contributed by atoms with Gasteiger partial charge in [-0.05, 0) is 37.6 Å². The summed E-state index contributed by atoms with van der Waals surface area (Å²) in [4.78, 5) is 0. The smallest absolute Gasteiger partial charge is 0.348 e. The molecule has 0 aromatic rings. The van der Waals surface area contributed by atoms with Crippen LogP contribution in [0.2, 0.25) is 0 Å². The first kappa shape index (κ1) is 15.5. The summed E-state index contributed by atoms with van der Waals surface area (Å²) in [6.45, 7) is 3.69. The largest absolute Gasteiger partial charge is 0.397 e. The molecule has 0 amide bonds. The summed E-state index contributed by atoms with van der Waals surface area (Å²) in [5.41, 5.74) is 0. The van der Waals surface area contributed by atoms with Crippen LogP contribution in [0.25, 0.3) is 0 Å².